The van der Waals surface area contributed by atoms with E-state index in [0.717, 1.165) is 42.5 Å². The average molecular weight is 340 g/mol. The van der Waals surface area contributed by atoms with E-state index in [1.807, 2.05) is 19.2 Å². The number of rotatable bonds is 0. The number of anilines is 1. The van der Waals surface area contributed by atoms with Crippen LogP contribution in [0.15, 0.2) is 16.7 Å². The van der Waals surface area contributed by atoms with Crippen LogP contribution in [0.2, 0.25) is 0 Å². The van der Waals surface area contributed by atoms with Gasteiger partial charge in [0.25, 0.3) is 11.8 Å². The van der Waals surface area contributed by atoms with Gasteiger partial charge in [-0.3, -0.25) is 5.10 Å². The Kier molecular flexibility index (Phi) is 3.87. The maximum Gasteiger partial charge on any atom is 0.268 e. The van der Waals surface area contributed by atoms with E-state index in [9.17, 15) is 0 Å². The zero-order chi connectivity index (χ0) is 17.4. The van der Waals surface area contributed by atoms with Crippen molar-refractivity contribution in [3.8, 4) is 29.0 Å². The monoisotopic (exact) mass is 340 g/mol. The number of aromatic nitrogens is 5. The molecule has 3 aromatic heterocycles. The zero-order valence-corrected chi connectivity index (χ0v) is 14.2. The molecule has 0 aliphatic carbocycles. The minimum absolute atomic E-state index is 0.0627. The SMILES string of the molecule is Cc1cc(N)c2nc1O[C@H](C)CCCCc1cn[nH]c1-c1nnc-2o1. The topological polar surface area (TPSA) is 116 Å². The summed E-state index contributed by atoms with van der Waals surface area (Å²) in [6.45, 7) is 3.98. The summed E-state index contributed by atoms with van der Waals surface area (Å²) >= 11 is 0. The molecule has 4 bridgehead atoms. The lowest BCUT2D eigenvalue weighted by Crippen LogP contribution is -2.14. The molecule has 1 aliphatic rings. The van der Waals surface area contributed by atoms with Gasteiger partial charge in [0.2, 0.25) is 5.88 Å². The highest BCUT2D eigenvalue weighted by Crippen LogP contribution is 2.31. The Morgan fingerprint density at radius 3 is 2.96 bits per heavy atom. The third-order valence-corrected chi connectivity index (χ3v) is 4.38. The van der Waals surface area contributed by atoms with Crippen LogP contribution >= 0.6 is 0 Å². The Morgan fingerprint density at radius 2 is 2.08 bits per heavy atom. The fourth-order valence-corrected chi connectivity index (χ4v) is 3.01. The Labute approximate surface area is 144 Å². The van der Waals surface area contributed by atoms with Crippen molar-refractivity contribution in [2.75, 3.05) is 5.73 Å². The number of nitrogen functional groups attached to an aromatic ring is 1. The molecule has 4 rings (SSSR count). The number of ether oxygens (including phenoxy) is 1. The van der Waals surface area contributed by atoms with Gasteiger partial charge in [0.15, 0.2) is 5.69 Å². The fraction of sp³-hybridized carbons (Fsp3) is 0.412. The highest BCUT2D eigenvalue weighted by atomic mass is 16.5. The van der Waals surface area contributed by atoms with Crippen LogP contribution in [0.4, 0.5) is 5.69 Å². The molecule has 8 nitrogen and oxygen atoms in total. The molecule has 130 valence electrons. The quantitative estimate of drug-likeness (QED) is 0.646. The standard InChI is InChI=1S/C17H20N6O2/c1-9-7-12(18)14-17-23-22-16(25-17)13-11(8-19-21-13)6-4-3-5-10(2)24-15(9)20-14/h7-8,10H,3-6,18H2,1-2H3,(H,19,21)/t10-/m1/s1. The van der Waals surface area contributed by atoms with Crippen molar-refractivity contribution in [2.45, 2.75) is 45.6 Å². The van der Waals surface area contributed by atoms with Crippen molar-refractivity contribution in [3.63, 3.8) is 0 Å². The molecule has 3 N–H and O–H groups in total. The molecule has 0 unspecified atom stereocenters. The minimum Gasteiger partial charge on any atom is -0.474 e. The first kappa shape index (κ1) is 15.6. The van der Waals surface area contributed by atoms with Crippen LogP contribution in [0.5, 0.6) is 5.88 Å². The van der Waals surface area contributed by atoms with Gasteiger partial charge >= 0.3 is 0 Å². The van der Waals surface area contributed by atoms with Crippen molar-refractivity contribution >= 4 is 5.69 Å². The zero-order valence-electron chi connectivity index (χ0n) is 14.2. The lowest BCUT2D eigenvalue weighted by Gasteiger charge is -2.16. The van der Waals surface area contributed by atoms with E-state index in [0.29, 0.717) is 23.2 Å². The van der Waals surface area contributed by atoms with Gasteiger partial charge in [-0.2, -0.15) is 5.10 Å². The van der Waals surface area contributed by atoms with Crippen LogP contribution in [-0.4, -0.2) is 31.5 Å². The molecule has 0 fully saturated rings. The molecular weight excluding hydrogens is 320 g/mol. The number of hydrogen-bond donors (Lipinski definition) is 2. The van der Waals surface area contributed by atoms with Gasteiger partial charge in [0.1, 0.15) is 5.69 Å². The summed E-state index contributed by atoms with van der Waals surface area (Å²) < 4.78 is 11.8. The highest BCUT2D eigenvalue weighted by Gasteiger charge is 2.21. The van der Waals surface area contributed by atoms with Crippen molar-refractivity contribution in [1.82, 2.24) is 25.4 Å². The first-order valence-electron chi connectivity index (χ1n) is 8.42. The molecule has 8 heteroatoms. The fourth-order valence-electron chi connectivity index (χ4n) is 3.01. The number of aromatic amines is 1. The number of H-pyrrole nitrogens is 1. The van der Waals surface area contributed by atoms with Crippen molar-refractivity contribution in [2.24, 2.45) is 0 Å². The molecule has 4 heterocycles. The summed E-state index contributed by atoms with van der Waals surface area (Å²) in [4.78, 5) is 4.53. The first-order valence-corrected chi connectivity index (χ1v) is 8.42. The van der Waals surface area contributed by atoms with Gasteiger partial charge in [-0.1, -0.05) is 0 Å². The van der Waals surface area contributed by atoms with Gasteiger partial charge in [0, 0.05) is 11.1 Å². The summed E-state index contributed by atoms with van der Waals surface area (Å²) in [6, 6.07) is 1.82. The van der Waals surface area contributed by atoms with Crippen LogP contribution in [0.1, 0.15) is 37.3 Å². The van der Waals surface area contributed by atoms with Crippen LogP contribution in [-0.2, 0) is 6.42 Å². The molecule has 1 atom stereocenters. The number of nitrogens with two attached hydrogens (primary N) is 1. The minimum atomic E-state index is 0.0627. The van der Waals surface area contributed by atoms with Crippen LogP contribution in [0, 0.1) is 6.92 Å². The summed E-state index contributed by atoms with van der Waals surface area (Å²) in [7, 11) is 0. The Morgan fingerprint density at radius 1 is 1.24 bits per heavy atom. The second kappa shape index (κ2) is 6.19. The normalized spacial score (nSPS) is 17.4. The Bertz CT molecular complexity index is 900. The number of aryl methyl sites for hydroxylation is 2. The van der Waals surface area contributed by atoms with E-state index in [-0.39, 0.29) is 12.0 Å². The Hall–Kier alpha value is -2.90. The first-order chi connectivity index (χ1) is 12.1. The summed E-state index contributed by atoms with van der Waals surface area (Å²) in [5.41, 5.74) is 9.73. The van der Waals surface area contributed by atoms with Gasteiger partial charge in [0.05, 0.1) is 18.0 Å². The third-order valence-electron chi connectivity index (χ3n) is 4.38. The van der Waals surface area contributed by atoms with Gasteiger partial charge in [-0.25, -0.2) is 4.98 Å². The second-order valence-electron chi connectivity index (χ2n) is 6.41. The number of fused-ring (bicyclic) bond motifs is 7. The van der Waals surface area contributed by atoms with E-state index < -0.39 is 0 Å². The van der Waals surface area contributed by atoms with Crippen molar-refractivity contribution in [1.29, 1.82) is 0 Å². The third kappa shape index (κ3) is 2.95. The molecule has 0 saturated carbocycles. The summed E-state index contributed by atoms with van der Waals surface area (Å²) in [5.74, 6) is 1.20. The van der Waals surface area contributed by atoms with E-state index >= 15 is 0 Å². The lowest BCUT2D eigenvalue weighted by molar-refractivity contribution is 0.197. The van der Waals surface area contributed by atoms with Crippen LogP contribution < -0.4 is 10.5 Å². The summed E-state index contributed by atoms with van der Waals surface area (Å²) in [5, 5.41) is 15.3. The van der Waals surface area contributed by atoms with Crippen molar-refractivity contribution in [3.05, 3.63) is 23.4 Å². The second-order valence-corrected chi connectivity index (χ2v) is 6.41. The molecular formula is C17H20N6O2. The molecule has 0 aromatic carbocycles. The molecule has 25 heavy (non-hydrogen) atoms. The van der Waals surface area contributed by atoms with E-state index in [4.69, 9.17) is 14.9 Å². The highest BCUT2D eigenvalue weighted by molar-refractivity contribution is 5.68. The predicted octanol–water partition coefficient (Wildman–Crippen LogP) is 2.91. The molecule has 0 spiro atoms. The maximum absolute atomic E-state index is 6.11. The van der Waals surface area contributed by atoms with Gasteiger partial charge < -0.3 is 14.9 Å². The molecule has 0 radical (unpaired) electrons. The van der Waals surface area contributed by atoms with Crippen LogP contribution in [0.3, 0.4) is 0 Å². The van der Waals surface area contributed by atoms with Gasteiger partial charge in [-0.15, -0.1) is 10.2 Å². The summed E-state index contributed by atoms with van der Waals surface area (Å²) in [6.07, 6.45) is 5.78. The van der Waals surface area contributed by atoms with Gasteiger partial charge in [-0.05, 0) is 45.6 Å². The molecule has 0 amide bonds. The maximum atomic E-state index is 6.11. The van der Waals surface area contributed by atoms with E-state index in [2.05, 4.69) is 32.3 Å². The molecule has 3 aromatic rings. The predicted molar refractivity (Wildman–Crippen MR) is 91.9 cm³/mol. The average Bonchev–Trinajstić information content (AvgIpc) is 3.22. The molecule has 1 aliphatic heterocycles. The smallest absolute Gasteiger partial charge is 0.268 e. The van der Waals surface area contributed by atoms with E-state index in [1.165, 1.54) is 0 Å². The Balaban J connectivity index is 1.83. The number of hydrogen-bond acceptors (Lipinski definition) is 7. The van der Waals surface area contributed by atoms with Crippen molar-refractivity contribution < 1.29 is 9.15 Å². The van der Waals surface area contributed by atoms with Crippen LogP contribution in [0.25, 0.3) is 23.2 Å². The number of nitrogens with one attached hydrogen (secondary N) is 1. The lowest BCUT2D eigenvalue weighted by atomic mass is 10.1. The largest absolute Gasteiger partial charge is 0.474 e. The number of nitrogens with zero attached hydrogens (tertiary/aromatic N) is 4. The van der Waals surface area contributed by atoms with E-state index in [1.54, 1.807) is 0 Å². The number of pyridine rings is 1. The molecule has 0 saturated heterocycles.